The molecule has 2 aromatic rings. The van der Waals surface area contributed by atoms with Crippen molar-refractivity contribution in [2.24, 2.45) is 5.92 Å². The number of amides is 2. The van der Waals surface area contributed by atoms with Crippen molar-refractivity contribution in [1.29, 1.82) is 0 Å². The molecule has 2 unspecified atom stereocenters. The van der Waals surface area contributed by atoms with Crippen LogP contribution in [0.15, 0.2) is 28.8 Å². The molecule has 8 heteroatoms. The van der Waals surface area contributed by atoms with Gasteiger partial charge in [-0.15, -0.1) is 0 Å². The van der Waals surface area contributed by atoms with Gasteiger partial charge < -0.3 is 14.3 Å². The summed E-state index contributed by atoms with van der Waals surface area (Å²) < 4.78 is 31.8. The lowest BCUT2D eigenvalue weighted by Crippen LogP contribution is -2.62. The summed E-state index contributed by atoms with van der Waals surface area (Å²) in [6.07, 6.45) is 0.543. The molecule has 1 saturated heterocycles. The Labute approximate surface area is 168 Å². The molecule has 2 amide bonds. The summed E-state index contributed by atoms with van der Waals surface area (Å²) in [5.74, 6) is -2.09. The molecule has 1 aliphatic heterocycles. The smallest absolute Gasteiger partial charge is 0.276 e. The van der Waals surface area contributed by atoms with E-state index in [4.69, 9.17) is 4.52 Å². The second kappa shape index (κ2) is 8.31. The van der Waals surface area contributed by atoms with Gasteiger partial charge in [0.25, 0.3) is 5.91 Å². The molecule has 1 aliphatic rings. The number of nitrogens with zero attached hydrogens (tertiary/aromatic N) is 3. The maximum Gasteiger partial charge on any atom is 0.276 e. The number of piperazine rings is 1. The van der Waals surface area contributed by atoms with Gasteiger partial charge >= 0.3 is 0 Å². The number of aromatic nitrogens is 1. The van der Waals surface area contributed by atoms with Gasteiger partial charge in [0.15, 0.2) is 23.1 Å². The fraction of sp³-hybridized carbons (Fsp3) is 0.476. The zero-order chi connectivity index (χ0) is 21.3. The molecule has 1 aromatic heterocycles. The van der Waals surface area contributed by atoms with Crippen LogP contribution in [0.5, 0.6) is 0 Å². The number of hydrogen-bond donors (Lipinski definition) is 0. The zero-order valence-corrected chi connectivity index (χ0v) is 17.0. The van der Waals surface area contributed by atoms with Gasteiger partial charge in [0, 0.05) is 30.8 Å². The average Bonchev–Trinajstić information content (AvgIpc) is 3.16. The van der Waals surface area contributed by atoms with E-state index in [1.54, 1.807) is 9.80 Å². The highest BCUT2D eigenvalue weighted by Crippen LogP contribution is 2.26. The van der Waals surface area contributed by atoms with Crippen molar-refractivity contribution in [3.63, 3.8) is 0 Å². The van der Waals surface area contributed by atoms with Crippen LogP contribution in [0, 0.1) is 17.6 Å². The van der Waals surface area contributed by atoms with Crippen LogP contribution in [-0.2, 0) is 4.79 Å². The predicted molar refractivity (Wildman–Crippen MR) is 103 cm³/mol. The quantitative estimate of drug-likeness (QED) is 0.760. The largest absolute Gasteiger partial charge is 0.355 e. The van der Waals surface area contributed by atoms with Crippen LogP contribution in [0.4, 0.5) is 8.78 Å². The number of rotatable bonds is 5. The highest BCUT2D eigenvalue weighted by atomic mass is 19.2. The Bertz CT molecular complexity index is 912. The molecule has 0 spiro atoms. The molecule has 0 aliphatic carbocycles. The molecule has 0 saturated carbocycles. The van der Waals surface area contributed by atoms with Crippen molar-refractivity contribution in [2.75, 3.05) is 13.1 Å². The third-order valence-corrected chi connectivity index (χ3v) is 5.17. The molecule has 0 bridgehead atoms. The summed E-state index contributed by atoms with van der Waals surface area (Å²) in [4.78, 5) is 29.4. The van der Waals surface area contributed by atoms with Crippen molar-refractivity contribution in [2.45, 2.75) is 46.2 Å². The van der Waals surface area contributed by atoms with Crippen molar-refractivity contribution >= 4 is 11.8 Å². The third-order valence-electron chi connectivity index (χ3n) is 5.17. The van der Waals surface area contributed by atoms with Crippen molar-refractivity contribution in [3.05, 3.63) is 41.6 Å². The van der Waals surface area contributed by atoms with E-state index >= 15 is 0 Å². The predicted octanol–water partition coefficient (Wildman–Crippen LogP) is 3.73. The van der Waals surface area contributed by atoms with Crippen LogP contribution in [0.3, 0.4) is 0 Å². The van der Waals surface area contributed by atoms with Gasteiger partial charge in [-0.3, -0.25) is 9.59 Å². The first-order valence-corrected chi connectivity index (χ1v) is 9.76. The molecule has 29 heavy (non-hydrogen) atoms. The normalized spacial score (nSPS) is 19.9. The number of halogens is 2. The number of hydrogen-bond acceptors (Lipinski definition) is 4. The minimum atomic E-state index is -1.01. The van der Waals surface area contributed by atoms with E-state index in [9.17, 15) is 18.4 Å². The van der Waals surface area contributed by atoms with Gasteiger partial charge in [-0.05, 0) is 44.4 Å². The molecule has 0 radical (unpaired) electrons. The van der Waals surface area contributed by atoms with Gasteiger partial charge in [0.2, 0.25) is 5.91 Å². The van der Waals surface area contributed by atoms with E-state index < -0.39 is 23.6 Å². The average molecular weight is 405 g/mol. The summed E-state index contributed by atoms with van der Waals surface area (Å²) in [6, 6.07) is 4.03. The molecule has 0 N–H and O–H groups in total. The van der Waals surface area contributed by atoms with Gasteiger partial charge in [-0.25, -0.2) is 8.78 Å². The number of carbonyl (C=O) groups is 2. The molecular weight excluding hydrogens is 380 g/mol. The van der Waals surface area contributed by atoms with E-state index in [1.807, 2.05) is 27.7 Å². The Balaban J connectivity index is 1.88. The molecule has 1 fully saturated rings. The lowest BCUT2D eigenvalue weighted by molar-refractivity contribution is -0.144. The Kier molecular flexibility index (Phi) is 6.00. The molecule has 156 valence electrons. The third kappa shape index (κ3) is 4.16. The molecule has 6 nitrogen and oxygen atoms in total. The second-order valence-electron chi connectivity index (χ2n) is 7.78. The standard InChI is InChI=1S/C21H25F2N3O3/c1-5-25-13(4)11-26(18(21(25)28)8-12(2)3)20(27)17-10-19(29-24-17)14-6-7-15(22)16(23)9-14/h6-7,9-10,12-13,18H,5,8,11H2,1-4H3. The summed E-state index contributed by atoms with van der Waals surface area (Å²) >= 11 is 0. The van der Waals surface area contributed by atoms with Crippen molar-refractivity contribution in [3.8, 4) is 11.3 Å². The van der Waals surface area contributed by atoms with E-state index in [0.717, 1.165) is 12.1 Å². The van der Waals surface area contributed by atoms with Crippen LogP contribution in [0.1, 0.15) is 44.6 Å². The first-order chi connectivity index (χ1) is 13.7. The van der Waals surface area contributed by atoms with Crippen molar-refractivity contribution in [1.82, 2.24) is 15.0 Å². The highest BCUT2D eigenvalue weighted by Gasteiger charge is 2.41. The number of carbonyl (C=O) groups excluding carboxylic acids is 2. The minimum absolute atomic E-state index is 0.0310. The molecule has 1 aromatic carbocycles. The summed E-state index contributed by atoms with van der Waals surface area (Å²) in [7, 11) is 0. The number of likely N-dealkylation sites (N-methyl/N-ethyl adjacent to an activating group) is 1. The van der Waals surface area contributed by atoms with E-state index in [0.29, 0.717) is 19.5 Å². The first-order valence-electron chi connectivity index (χ1n) is 9.76. The minimum Gasteiger partial charge on any atom is -0.355 e. The van der Waals surface area contributed by atoms with Crippen molar-refractivity contribution < 1.29 is 22.9 Å². The fourth-order valence-corrected chi connectivity index (χ4v) is 3.73. The Hall–Kier alpha value is -2.77. The summed E-state index contributed by atoms with van der Waals surface area (Å²) in [5.41, 5.74) is 0.304. The first kappa shape index (κ1) is 21.0. The molecular formula is C21H25F2N3O3. The second-order valence-corrected chi connectivity index (χ2v) is 7.78. The van der Waals surface area contributed by atoms with E-state index in [-0.39, 0.29) is 34.9 Å². The maximum absolute atomic E-state index is 13.5. The van der Waals surface area contributed by atoms with Gasteiger partial charge in [-0.2, -0.15) is 0 Å². The Morgan fingerprint density at radius 2 is 2.00 bits per heavy atom. The topological polar surface area (TPSA) is 66.7 Å². The fourth-order valence-electron chi connectivity index (χ4n) is 3.73. The van der Waals surface area contributed by atoms with E-state index in [1.165, 1.54) is 12.1 Å². The number of benzene rings is 1. The molecule has 2 heterocycles. The lowest BCUT2D eigenvalue weighted by Gasteiger charge is -2.44. The van der Waals surface area contributed by atoms with Crippen LogP contribution in [0.25, 0.3) is 11.3 Å². The van der Waals surface area contributed by atoms with Crippen LogP contribution >= 0.6 is 0 Å². The van der Waals surface area contributed by atoms with E-state index in [2.05, 4.69) is 5.16 Å². The Morgan fingerprint density at radius 3 is 2.62 bits per heavy atom. The van der Waals surface area contributed by atoms with Crippen LogP contribution in [-0.4, -0.2) is 51.9 Å². The van der Waals surface area contributed by atoms with Gasteiger partial charge in [0.05, 0.1) is 0 Å². The summed E-state index contributed by atoms with van der Waals surface area (Å²) in [5, 5.41) is 3.82. The SMILES string of the molecule is CCN1C(=O)C(CC(C)C)N(C(=O)c2cc(-c3ccc(F)c(F)c3)on2)CC1C. The monoisotopic (exact) mass is 405 g/mol. The molecule has 3 rings (SSSR count). The highest BCUT2D eigenvalue weighted by molar-refractivity contribution is 5.97. The van der Waals surface area contributed by atoms with Crippen LogP contribution in [0.2, 0.25) is 0 Å². The maximum atomic E-state index is 13.5. The van der Waals surface area contributed by atoms with Crippen LogP contribution < -0.4 is 0 Å². The molecule has 2 atom stereocenters. The summed E-state index contributed by atoms with van der Waals surface area (Å²) in [6.45, 7) is 8.81. The van der Waals surface area contributed by atoms with Gasteiger partial charge in [-0.1, -0.05) is 19.0 Å². The lowest BCUT2D eigenvalue weighted by atomic mass is 9.96. The zero-order valence-electron chi connectivity index (χ0n) is 17.0. The van der Waals surface area contributed by atoms with Gasteiger partial charge in [0.1, 0.15) is 6.04 Å². The Morgan fingerprint density at radius 1 is 1.28 bits per heavy atom.